The molecule has 0 heterocycles. The Morgan fingerprint density at radius 1 is 1.53 bits per heavy atom. The molecule has 0 aromatic carbocycles. The zero-order valence-corrected chi connectivity index (χ0v) is 9.86. The second-order valence-electron chi connectivity index (χ2n) is 5.50. The average Bonchev–Trinajstić information content (AvgIpc) is 3.15. The van der Waals surface area contributed by atoms with E-state index in [4.69, 9.17) is 9.47 Å². The third-order valence-corrected chi connectivity index (χ3v) is 5.24. The summed E-state index contributed by atoms with van der Waals surface area (Å²) in [4.78, 5) is 23.7. The SMILES string of the molecule is CCOC(=O)/C=C1\C(=O)C2(COC)C3C4C1C432. The molecule has 4 rings (SSSR count). The Balaban J connectivity index is 1.62. The van der Waals surface area contributed by atoms with Gasteiger partial charge in [0.1, 0.15) is 0 Å². The summed E-state index contributed by atoms with van der Waals surface area (Å²) in [7, 11) is 1.63. The predicted octanol–water partition coefficient (Wildman–Crippen LogP) is 0.567. The van der Waals surface area contributed by atoms with E-state index in [-0.39, 0.29) is 22.6 Å². The van der Waals surface area contributed by atoms with E-state index in [1.807, 2.05) is 0 Å². The molecule has 0 aromatic rings. The van der Waals surface area contributed by atoms with Gasteiger partial charge in [-0.15, -0.1) is 0 Å². The summed E-state index contributed by atoms with van der Waals surface area (Å²) in [6.45, 7) is 2.63. The minimum absolute atomic E-state index is 0.143. The molecule has 4 heteroatoms. The van der Waals surface area contributed by atoms with Crippen LogP contribution in [-0.4, -0.2) is 32.1 Å². The highest BCUT2D eigenvalue weighted by Crippen LogP contribution is 3.13. The number of Topliss-reactive ketones (excluding diaryl/α,β-unsaturated/α-hetero) is 1. The summed E-state index contributed by atoms with van der Waals surface area (Å²) >= 11 is 0. The van der Waals surface area contributed by atoms with Crippen molar-refractivity contribution < 1.29 is 19.1 Å². The topological polar surface area (TPSA) is 52.6 Å². The van der Waals surface area contributed by atoms with Gasteiger partial charge in [-0.05, 0) is 24.7 Å². The van der Waals surface area contributed by atoms with Gasteiger partial charge < -0.3 is 9.47 Å². The number of ether oxygens (including phenoxy) is 2. The maximum atomic E-state index is 12.3. The van der Waals surface area contributed by atoms with Crippen molar-refractivity contribution in [2.45, 2.75) is 6.92 Å². The molecular weight excluding hydrogens is 220 g/mol. The van der Waals surface area contributed by atoms with Gasteiger partial charge in [0.2, 0.25) is 0 Å². The molecule has 4 aliphatic rings. The van der Waals surface area contributed by atoms with Crippen LogP contribution in [0.1, 0.15) is 6.92 Å². The number of hydrogen-bond donors (Lipinski definition) is 0. The molecule has 5 unspecified atom stereocenters. The zero-order chi connectivity index (χ0) is 12.0. The van der Waals surface area contributed by atoms with Crippen LogP contribution < -0.4 is 0 Å². The second-order valence-corrected chi connectivity index (χ2v) is 5.50. The van der Waals surface area contributed by atoms with E-state index in [0.29, 0.717) is 36.5 Å². The van der Waals surface area contributed by atoms with Crippen LogP contribution in [0.4, 0.5) is 0 Å². The first-order chi connectivity index (χ1) is 8.17. The van der Waals surface area contributed by atoms with Gasteiger partial charge in [0, 0.05) is 24.2 Å². The molecule has 4 nitrogen and oxygen atoms in total. The first-order valence-corrected chi connectivity index (χ1v) is 6.10. The number of carbonyl (C=O) groups is 2. The largest absolute Gasteiger partial charge is 0.463 e. The number of methoxy groups -OCH3 is 1. The summed E-state index contributed by atoms with van der Waals surface area (Å²) in [5.41, 5.74) is 0.696. The lowest BCUT2D eigenvalue weighted by Crippen LogP contribution is -2.31. The molecule has 0 bridgehead atoms. The van der Waals surface area contributed by atoms with E-state index in [1.54, 1.807) is 14.0 Å². The van der Waals surface area contributed by atoms with Crippen molar-refractivity contribution in [1.29, 1.82) is 0 Å². The number of esters is 1. The van der Waals surface area contributed by atoms with E-state index in [0.717, 1.165) is 0 Å². The highest BCUT2D eigenvalue weighted by atomic mass is 16.5. The maximum Gasteiger partial charge on any atom is 0.331 e. The molecule has 5 atom stereocenters. The van der Waals surface area contributed by atoms with Gasteiger partial charge in [0.15, 0.2) is 5.78 Å². The highest BCUT2D eigenvalue weighted by Gasteiger charge is 3.15. The van der Waals surface area contributed by atoms with Gasteiger partial charge in [0.25, 0.3) is 0 Å². The quantitative estimate of drug-likeness (QED) is 0.527. The average molecular weight is 234 g/mol. The van der Waals surface area contributed by atoms with Gasteiger partial charge >= 0.3 is 5.97 Å². The number of hydrogen-bond acceptors (Lipinski definition) is 4. The number of carbonyl (C=O) groups excluding carboxylic acids is 2. The zero-order valence-electron chi connectivity index (χ0n) is 9.86. The lowest BCUT2D eigenvalue weighted by Gasteiger charge is -2.21. The van der Waals surface area contributed by atoms with Gasteiger partial charge in [-0.3, -0.25) is 4.79 Å². The van der Waals surface area contributed by atoms with Crippen molar-refractivity contribution in [1.82, 2.24) is 0 Å². The number of fused-ring (bicyclic) bond motifs is 3. The Labute approximate surface area is 99.0 Å². The molecule has 4 saturated carbocycles. The number of allylic oxidation sites excluding steroid dienone is 1. The standard InChI is InChI=1S/C13H14O4/c1-3-17-7(14)4-6-8-9-10-12(5-16-2,11(6)15)13(8,9)10/h4,8-10H,3,5H2,1-2H3/b6-4-. The van der Waals surface area contributed by atoms with Crippen LogP contribution in [0.15, 0.2) is 11.6 Å². The van der Waals surface area contributed by atoms with Crippen LogP contribution in [-0.2, 0) is 19.1 Å². The third kappa shape index (κ3) is 0.707. The molecule has 4 fully saturated rings. The fourth-order valence-electron chi connectivity index (χ4n) is 4.70. The van der Waals surface area contributed by atoms with Crippen molar-refractivity contribution in [3.63, 3.8) is 0 Å². The van der Waals surface area contributed by atoms with Crippen LogP contribution in [0.25, 0.3) is 0 Å². The van der Waals surface area contributed by atoms with Gasteiger partial charge in [-0.25, -0.2) is 4.79 Å². The fourth-order valence-corrected chi connectivity index (χ4v) is 4.70. The van der Waals surface area contributed by atoms with Gasteiger partial charge in [-0.1, -0.05) is 0 Å². The van der Waals surface area contributed by atoms with E-state index >= 15 is 0 Å². The summed E-state index contributed by atoms with van der Waals surface area (Å²) in [5.74, 6) is 1.36. The van der Waals surface area contributed by atoms with E-state index < -0.39 is 0 Å². The molecule has 0 aromatic heterocycles. The Bertz CT molecular complexity index is 494. The Hall–Kier alpha value is -1.16. The second kappa shape index (κ2) is 2.48. The maximum absolute atomic E-state index is 12.3. The summed E-state index contributed by atoms with van der Waals surface area (Å²) in [5, 5.41) is 0. The third-order valence-electron chi connectivity index (χ3n) is 5.24. The molecule has 90 valence electrons. The summed E-state index contributed by atoms with van der Waals surface area (Å²) < 4.78 is 10.1. The van der Waals surface area contributed by atoms with Gasteiger partial charge in [-0.2, -0.15) is 0 Å². The van der Waals surface area contributed by atoms with Gasteiger partial charge in [0.05, 0.1) is 18.6 Å². The fraction of sp³-hybridized carbons (Fsp3) is 0.692. The summed E-state index contributed by atoms with van der Waals surface area (Å²) in [6.07, 6.45) is 1.41. The highest BCUT2D eigenvalue weighted by molar-refractivity contribution is 6.16. The van der Waals surface area contributed by atoms with Crippen molar-refractivity contribution >= 4 is 11.8 Å². The molecule has 0 radical (unpaired) electrons. The van der Waals surface area contributed by atoms with Crippen LogP contribution >= 0.6 is 0 Å². The lowest BCUT2D eigenvalue weighted by molar-refractivity contribution is -0.137. The molecule has 4 aliphatic carbocycles. The molecule has 0 N–H and O–H groups in total. The minimum atomic E-state index is -0.385. The first-order valence-electron chi connectivity index (χ1n) is 6.10. The van der Waals surface area contributed by atoms with Crippen molar-refractivity contribution in [2.24, 2.45) is 28.6 Å². The molecule has 17 heavy (non-hydrogen) atoms. The normalized spacial score (nSPS) is 53.2. The molecule has 0 saturated heterocycles. The van der Waals surface area contributed by atoms with Crippen LogP contribution in [0, 0.1) is 28.6 Å². The van der Waals surface area contributed by atoms with Crippen molar-refractivity contribution in [3.8, 4) is 0 Å². The summed E-state index contributed by atoms with van der Waals surface area (Å²) in [6, 6.07) is 0. The number of rotatable bonds is 4. The van der Waals surface area contributed by atoms with Crippen molar-refractivity contribution in [3.05, 3.63) is 11.6 Å². The Morgan fingerprint density at radius 2 is 2.29 bits per heavy atom. The van der Waals surface area contributed by atoms with E-state index in [1.165, 1.54) is 6.08 Å². The predicted molar refractivity (Wildman–Crippen MR) is 56.9 cm³/mol. The molecule has 0 amide bonds. The monoisotopic (exact) mass is 234 g/mol. The van der Waals surface area contributed by atoms with Crippen LogP contribution in [0.2, 0.25) is 0 Å². The first kappa shape index (κ1) is 9.83. The van der Waals surface area contributed by atoms with E-state index in [9.17, 15) is 9.59 Å². The smallest absolute Gasteiger partial charge is 0.331 e. The molecule has 0 aliphatic heterocycles. The Kier molecular flexibility index (Phi) is 1.44. The minimum Gasteiger partial charge on any atom is -0.463 e. The number of ketones is 1. The van der Waals surface area contributed by atoms with Crippen LogP contribution in [0.5, 0.6) is 0 Å². The van der Waals surface area contributed by atoms with Crippen molar-refractivity contribution in [2.75, 3.05) is 20.3 Å². The molecular formula is C13H14O4. The lowest BCUT2D eigenvalue weighted by atomic mass is 9.83. The molecule has 1 spiro atoms. The van der Waals surface area contributed by atoms with Crippen LogP contribution in [0.3, 0.4) is 0 Å². The Morgan fingerprint density at radius 3 is 2.94 bits per heavy atom. The van der Waals surface area contributed by atoms with E-state index in [2.05, 4.69) is 0 Å².